The van der Waals surface area contributed by atoms with E-state index in [0.29, 0.717) is 6.07 Å². The van der Waals surface area contributed by atoms with Crippen LogP contribution in [0.15, 0.2) is 85.8 Å². The Morgan fingerprint density at radius 3 is 2.03 bits per heavy atom. The fourth-order valence-electron chi connectivity index (χ4n) is 3.88. The van der Waals surface area contributed by atoms with E-state index in [9.17, 15) is 41.2 Å². The van der Waals surface area contributed by atoms with Gasteiger partial charge in [-0.25, -0.2) is 5.53 Å². The highest BCUT2D eigenvalue weighted by atomic mass is 32.2. The molecule has 39 heavy (non-hydrogen) atoms. The number of hydrogen-bond donors (Lipinski definition) is 5. The number of benzene rings is 4. The predicted octanol–water partition coefficient (Wildman–Crippen LogP) is 5.27. The number of rotatable bonds is 7. The van der Waals surface area contributed by atoms with Crippen LogP contribution in [0.25, 0.3) is 21.9 Å². The van der Waals surface area contributed by atoms with E-state index in [1.807, 2.05) is 0 Å². The monoisotopic (exact) mass is 572 g/mol. The summed E-state index contributed by atoms with van der Waals surface area (Å²) in [4.78, 5) is 8.27. The standard InChI is InChI=1S/C22H16N6O9S2/c23-18-16(11-6-8-13(9-7-11)28(30)31)15(38(32,33)34)10-14-17(18)21(29)20(22(19(14)25-24)39(35,36)37)27-26-12-4-2-1-3-5-12/h1-10,24,29H,23H2,(H,32,33,34)(H,35,36,37). The van der Waals surface area contributed by atoms with Crippen LogP contribution in [0, 0.1) is 15.6 Å². The Labute approximate surface area is 219 Å². The normalized spacial score (nSPS) is 12.2. The van der Waals surface area contributed by atoms with E-state index in [-0.39, 0.29) is 16.9 Å². The molecule has 0 aliphatic heterocycles. The Balaban J connectivity index is 2.20. The molecule has 17 heteroatoms. The van der Waals surface area contributed by atoms with Crippen molar-refractivity contribution in [1.82, 2.24) is 0 Å². The Morgan fingerprint density at radius 1 is 0.897 bits per heavy atom. The first-order valence-corrected chi connectivity index (χ1v) is 13.3. The molecule has 6 N–H and O–H groups in total. The highest BCUT2D eigenvalue weighted by molar-refractivity contribution is 7.86. The summed E-state index contributed by atoms with van der Waals surface area (Å²) < 4.78 is 69.2. The lowest BCUT2D eigenvalue weighted by molar-refractivity contribution is -0.384. The Kier molecular flexibility index (Phi) is 6.83. The lowest BCUT2D eigenvalue weighted by Gasteiger charge is -2.18. The maximum Gasteiger partial charge on any atom is 0.299 e. The van der Waals surface area contributed by atoms with Crippen molar-refractivity contribution >= 4 is 59.4 Å². The Hall–Kier alpha value is -4.84. The zero-order chi connectivity index (χ0) is 28.7. The van der Waals surface area contributed by atoms with E-state index in [1.165, 1.54) is 12.1 Å². The molecule has 200 valence electrons. The smallest absolute Gasteiger partial charge is 0.299 e. The minimum atomic E-state index is -5.28. The minimum Gasteiger partial charge on any atom is -0.505 e. The largest absolute Gasteiger partial charge is 0.505 e. The van der Waals surface area contributed by atoms with Crippen molar-refractivity contribution in [3.05, 3.63) is 70.8 Å². The average molecular weight is 573 g/mol. The van der Waals surface area contributed by atoms with E-state index in [2.05, 4.69) is 15.3 Å². The molecule has 0 unspecified atom stereocenters. The molecular formula is C22H16N6O9S2. The molecule has 0 saturated carbocycles. The van der Waals surface area contributed by atoms with Gasteiger partial charge in [-0.2, -0.15) is 27.1 Å². The maximum atomic E-state index is 12.3. The van der Waals surface area contributed by atoms with Gasteiger partial charge in [0.2, 0.25) is 0 Å². The lowest BCUT2D eigenvalue weighted by Crippen LogP contribution is -2.06. The first-order chi connectivity index (χ1) is 18.3. The molecule has 0 heterocycles. The fourth-order valence-corrected chi connectivity index (χ4v) is 5.42. The fraction of sp³-hybridized carbons (Fsp3) is 0. The minimum absolute atomic E-state index is 0.0392. The number of hydrogen-bond acceptors (Lipinski definition) is 12. The van der Waals surface area contributed by atoms with Gasteiger partial charge in [-0.05, 0) is 35.9 Å². The number of nitrogens with two attached hydrogens (primary N) is 1. The number of nitrogens with zero attached hydrogens (tertiary/aromatic N) is 4. The van der Waals surface area contributed by atoms with Crippen LogP contribution in [-0.4, -0.2) is 36.0 Å². The second-order valence-electron chi connectivity index (χ2n) is 7.86. The van der Waals surface area contributed by atoms with Crippen molar-refractivity contribution < 1.29 is 36.0 Å². The second kappa shape index (κ2) is 9.80. The van der Waals surface area contributed by atoms with Gasteiger partial charge in [0.15, 0.2) is 16.3 Å². The van der Waals surface area contributed by atoms with Crippen LogP contribution in [0.1, 0.15) is 0 Å². The van der Waals surface area contributed by atoms with Gasteiger partial charge in [-0.15, -0.1) is 5.11 Å². The summed E-state index contributed by atoms with van der Waals surface area (Å²) in [6.07, 6.45) is 0. The topological polar surface area (TPSA) is 259 Å². The molecule has 0 aliphatic carbocycles. The SMILES string of the molecule is N=Nc1c(S(=O)(=O)O)c(N=Nc2ccccc2)c(O)c2c(N)c(-c3ccc([N+](=O)[O-])cc3)c(S(=O)(=O)O)cc12. The summed E-state index contributed by atoms with van der Waals surface area (Å²) in [5.41, 5.74) is 11.0. The summed E-state index contributed by atoms with van der Waals surface area (Å²) in [6, 6.07) is 12.9. The third-order valence-electron chi connectivity index (χ3n) is 5.51. The number of azo groups is 1. The molecule has 0 spiro atoms. The average Bonchev–Trinajstić information content (AvgIpc) is 2.87. The van der Waals surface area contributed by atoms with E-state index in [4.69, 9.17) is 11.3 Å². The third-order valence-corrected chi connectivity index (χ3v) is 7.29. The molecule has 0 aliphatic rings. The van der Waals surface area contributed by atoms with Crippen molar-refractivity contribution in [2.45, 2.75) is 9.79 Å². The highest BCUT2D eigenvalue weighted by Crippen LogP contribution is 2.52. The van der Waals surface area contributed by atoms with Gasteiger partial charge in [0, 0.05) is 23.1 Å². The number of non-ortho nitro benzene ring substituents is 1. The van der Waals surface area contributed by atoms with Crippen molar-refractivity contribution in [2.75, 3.05) is 5.73 Å². The molecule has 0 amide bonds. The number of aromatic hydroxyl groups is 1. The van der Waals surface area contributed by atoms with Gasteiger partial charge < -0.3 is 10.8 Å². The van der Waals surface area contributed by atoms with Gasteiger partial charge in [0.1, 0.15) is 10.6 Å². The quantitative estimate of drug-likeness (QED) is 0.0629. The summed E-state index contributed by atoms with van der Waals surface area (Å²) in [7, 11) is -10.4. The zero-order valence-electron chi connectivity index (χ0n) is 19.2. The molecule has 15 nitrogen and oxygen atoms in total. The van der Waals surface area contributed by atoms with Crippen LogP contribution in [0.3, 0.4) is 0 Å². The summed E-state index contributed by atoms with van der Waals surface area (Å²) in [6.45, 7) is 0. The number of phenols is 1. The van der Waals surface area contributed by atoms with Crippen LogP contribution in [0.4, 0.5) is 28.4 Å². The summed E-state index contributed by atoms with van der Waals surface area (Å²) in [5.74, 6) is -0.979. The number of anilines is 1. The number of nitrogen functional groups attached to an aromatic ring is 1. The molecule has 0 fully saturated rings. The number of nitro groups is 1. The Morgan fingerprint density at radius 2 is 1.51 bits per heavy atom. The van der Waals surface area contributed by atoms with Crippen LogP contribution in [-0.2, 0) is 20.2 Å². The summed E-state index contributed by atoms with van der Waals surface area (Å²) in [5, 5.41) is 31.9. The van der Waals surface area contributed by atoms with Gasteiger partial charge in [-0.3, -0.25) is 19.2 Å². The second-order valence-corrected chi connectivity index (χ2v) is 10.6. The number of nitro benzene ring substituents is 1. The molecule has 0 atom stereocenters. The maximum absolute atomic E-state index is 12.3. The first-order valence-electron chi connectivity index (χ1n) is 10.4. The number of phenolic OH excluding ortho intramolecular Hbond substituents is 1. The third kappa shape index (κ3) is 5.01. The number of fused-ring (bicyclic) bond motifs is 1. The van der Waals surface area contributed by atoms with Crippen molar-refractivity contribution in [2.24, 2.45) is 15.3 Å². The van der Waals surface area contributed by atoms with Gasteiger partial charge >= 0.3 is 0 Å². The molecule has 4 aromatic carbocycles. The molecule has 0 radical (unpaired) electrons. The molecule has 0 aromatic heterocycles. The van der Waals surface area contributed by atoms with Crippen LogP contribution >= 0.6 is 0 Å². The van der Waals surface area contributed by atoms with E-state index in [0.717, 1.165) is 24.3 Å². The molecule has 0 bridgehead atoms. The highest BCUT2D eigenvalue weighted by Gasteiger charge is 2.32. The van der Waals surface area contributed by atoms with Crippen LogP contribution < -0.4 is 5.73 Å². The first kappa shape index (κ1) is 27.2. The van der Waals surface area contributed by atoms with E-state index >= 15 is 0 Å². The van der Waals surface area contributed by atoms with Crippen molar-refractivity contribution in [3.63, 3.8) is 0 Å². The zero-order valence-corrected chi connectivity index (χ0v) is 20.9. The van der Waals surface area contributed by atoms with E-state index in [1.54, 1.807) is 18.2 Å². The van der Waals surface area contributed by atoms with Gasteiger partial charge in [-0.1, -0.05) is 18.2 Å². The van der Waals surface area contributed by atoms with Gasteiger partial charge in [0.05, 0.1) is 21.7 Å². The van der Waals surface area contributed by atoms with Crippen LogP contribution in [0.5, 0.6) is 5.75 Å². The Bertz CT molecular complexity index is 1910. The molecule has 4 aromatic rings. The number of nitrogens with one attached hydrogen (secondary N) is 1. The molecule has 0 saturated heterocycles. The van der Waals surface area contributed by atoms with Crippen molar-refractivity contribution in [3.8, 4) is 16.9 Å². The molecule has 4 rings (SSSR count). The molecular weight excluding hydrogens is 556 g/mol. The van der Waals surface area contributed by atoms with Crippen molar-refractivity contribution in [1.29, 1.82) is 5.53 Å². The van der Waals surface area contributed by atoms with Crippen LogP contribution in [0.2, 0.25) is 0 Å². The van der Waals surface area contributed by atoms with E-state index < -0.39 is 74.1 Å². The summed E-state index contributed by atoms with van der Waals surface area (Å²) >= 11 is 0. The van der Waals surface area contributed by atoms with Gasteiger partial charge in [0.25, 0.3) is 25.9 Å². The lowest BCUT2D eigenvalue weighted by atomic mass is 9.96. The predicted molar refractivity (Wildman–Crippen MR) is 137 cm³/mol.